The minimum atomic E-state index is 0.0695. The van der Waals surface area contributed by atoms with Crippen LogP contribution < -0.4 is 0 Å². The van der Waals surface area contributed by atoms with Crippen LogP contribution >= 0.6 is 0 Å². The van der Waals surface area contributed by atoms with Crippen molar-refractivity contribution in [3.63, 3.8) is 0 Å². The monoisotopic (exact) mass is 192 g/mol. The molecule has 0 saturated heterocycles. The summed E-state index contributed by atoms with van der Waals surface area (Å²) in [6.45, 7) is 2.07. The average Bonchev–Trinajstić information content (AvgIpc) is 2.98. The topological polar surface area (TPSA) is 29.5 Å². The van der Waals surface area contributed by atoms with Gasteiger partial charge in [0, 0.05) is 18.1 Å². The molecule has 1 saturated carbocycles. The molecule has 2 heteroatoms. The van der Waals surface area contributed by atoms with E-state index < -0.39 is 0 Å². The summed E-state index contributed by atoms with van der Waals surface area (Å²) in [6.07, 6.45) is 2.40. The van der Waals surface area contributed by atoms with E-state index in [0.717, 1.165) is 18.4 Å². The second-order valence-corrected chi connectivity index (χ2v) is 4.05. The standard InChI is InChI=1S/C12H16O2/c1-9(14-2)12(7-8-12)10-5-3-4-6-11(10)13/h3-6,9,13H,7-8H2,1-2H3. The van der Waals surface area contributed by atoms with E-state index in [2.05, 4.69) is 6.92 Å². The summed E-state index contributed by atoms with van der Waals surface area (Å²) in [7, 11) is 1.73. The summed E-state index contributed by atoms with van der Waals surface area (Å²) in [4.78, 5) is 0. The van der Waals surface area contributed by atoms with Gasteiger partial charge in [-0.15, -0.1) is 0 Å². The van der Waals surface area contributed by atoms with Gasteiger partial charge in [-0.3, -0.25) is 0 Å². The Bertz CT molecular complexity index is 329. The highest BCUT2D eigenvalue weighted by Gasteiger charge is 2.50. The largest absolute Gasteiger partial charge is 0.508 e. The minimum absolute atomic E-state index is 0.0695. The Hall–Kier alpha value is -1.02. The Morgan fingerprint density at radius 3 is 2.50 bits per heavy atom. The van der Waals surface area contributed by atoms with Crippen LogP contribution in [0, 0.1) is 0 Å². The summed E-state index contributed by atoms with van der Waals surface area (Å²) in [5.41, 5.74) is 1.11. The molecular weight excluding hydrogens is 176 g/mol. The second-order valence-electron chi connectivity index (χ2n) is 4.05. The lowest BCUT2D eigenvalue weighted by Crippen LogP contribution is -2.24. The van der Waals surface area contributed by atoms with Gasteiger partial charge in [-0.1, -0.05) is 18.2 Å². The summed E-state index contributed by atoms with van der Waals surface area (Å²) in [5, 5.41) is 9.77. The highest BCUT2D eigenvalue weighted by Crippen LogP contribution is 2.54. The highest BCUT2D eigenvalue weighted by atomic mass is 16.5. The van der Waals surface area contributed by atoms with Gasteiger partial charge >= 0.3 is 0 Å². The lowest BCUT2D eigenvalue weighted by molar-refractivity contribution is 0.0841. The van der Waals surface area contributed by atoms with E-state index in [1.165, 1.54) is 0 Å². The molecule has 14 heavy (non-hydrogen) atoms. The van der Waals surface area contributed by atoms with Crippen LogP contribution in [0.4, 0.5) is 0 Å². The van der Waals surface area contributed by atoms with E-state index in [0.29, 0.717) is 5.75 Å². The zero-order chi connectivity index (χ0) is 10.2. The van der Waals surface area contributed by atoms with Crippen LogP contribution in [0.1, 0.15) is 25.3 Å². The summed E-state index contributed by atoms with van der Waals surface area (Å²) >= 11 is 0. The van der Waals surface area contributed by atoms with Crippen LogP contribution in [0.2, 0.25) is 0 Å². The Labute approximate surface area is 84.5 Å². The molecule has 76 valence electrons. The molecule has 0 heterocycles. The first-order valence-corrected chi connectivity index (χ1v) is 5.02. The number of phenols is 1. The molecule has 2 nitrogen and oxygen atoms in total. The number of aromatic hydroxyl groups is 1. The van der Waals surface area contributed by atoms with Crippen LogP contribution in [0.5, 0.6) is 5.75 Å². The molecule has 1 aliphatic rings. The van der Waals surface area contributed by atoms with Crippen LogP contribution in [0.25, 0.3) is 0 Å². The van der Waals surface area contributed by atoms with Gasteiger partial charge in [-0.25, -0.2) is 0 Å². The maximum absolute atomic E-state index is 9.77. The van der Waals surface area contributed by atoms with Gasteiger partial charge in [-0.2, -0.15) is 0 Å². The molecule has 1 aromatic carbocycles. The quantitative estimate of drug-likeness (QED) is 0.797. The molecule has 0 amide bonds. The van der Waals surface area contributed by atoms with E-state index in [9.17, 15) is 5.11 Å². The lowest BCUT2D eigenvalue weighted by Gasteiger charge is -2.23. The third-order valence-corrected chi connectivity index (χ3v) is 3.36. The molecule has 0 aliphatic heterocycles. The smallest absolute Gasteiger partial charge is 0.119 e. The highest BCUT2D eigenvalue weighted by molar-refractivity contribution is 5.43. The Morgan fingerprint density at radius 2 is 2.00 bits per heavy atom. The van der Waals surface area contributed by atoms with Gasteiger partial charge in [0.2, 0.25) is 0 Å². The van der Waals surface area contributed by atoms with Crippen molar-refractivity contribution in [1.29, 1.82) is 0 Å². The number of phenolic OH excluding ortho intramolecular Hbond substituents is 1. The zero-order valence-corrected chi connectivity index (χ0v) is 8.66. The Morgan fingerprint density at radius 1 is 1.36 bits per heavy atom. The number of rotatable bonds is 3. The fourth-order valence-electron chi connectivity index (χ4n) is 2.15. The van der Waals surface area contributed by atoms with Crippen molar-refractivity contribution in [2.75, 3.05) is 7.11 Å². The SMILES string of the molecule is COC(C)C1(c2ccccc2O)CC1. The van der Waals surface area contributed by atoms with Crippen molar-refractivity contribution >= 4 is 0 Å². The number of methoxy groups -OCH3 is 1. The molecular formula is C12H16O2. The van der Waals surface area contributed by atoms with Crippen LogP contribution in [0.3, 0.4) is 0 Å². The molecule has 1 unspecified atom stereocenters. The first-order valence-electron chi connectivity index (χ1n) is 5.02. The van der Waals surface area contributed by atoms with E-state index in [4.69, 9.17) is 4.74 Å². The lowest BCUT2D eigenvalue weighted by atomic mass is 9.90. The van der Waals surface area contributed by atoms with Crippen molar-refractivity contribution in [2.24, 2.45) is 0 Å². The first kappa shape index (κ1) is 9.53. The first-order chi connectivity index (χ1) is 6.70. The Balaban J connectivity index is 2.35. The Kier molecular flexibility index (Phi) is 2.23. The van der Waals surface area contributed by atoms with Crippen molar-refractivity contribution < 1.29 is 9.84 Å². The molecule has 1 N–H and O–H groups in total. The van der Waals surface area contributed by atoms with Gasteiger partial charge in [0.05, 0.1) is 6.10 Å². The number of ether oxygens (including phenoxy) is 1. The number of para-hydroxylation sites is 1. The van der Waals surface area contributed by atoms with Gasteiger partial charge in [0.25, 0.3) is 0 Å². The molecule has 1 fully saturated rings. The second kappa shape index (κ2) is 3.28. The zero-order valence-electron chi connectivity index (χ0n) is 8.66. The van der Waals surface area contributed by atoms with Crippen molar-refractivity contribution in [2.45, 2.75) is 31.3 Å². The predicted molar refractivity (Wildman–Crippen MR) is 55.5 cm³/mol. The van der Waals surface area contributed by atoms with Gasteiger partial charge in [-0.05, 0) is 25.8 Å². The molecule has 0 aromatic heterocycles. The fourth-order valence-corrected chi connectivity index (χ4v) is 2.15. The van der Waals surface area contributed by atoms with Crippen molar-refractivity contribution in [3.05, 3.63) is 29.8 Å². The van der Waals surface area contributed by atoms with Gasteiger partial charge in [0.1, 0.15) is 5.75 Å². The molecule has 1 aromatic rings. The summed E-state index contributed by atoms with van der Waals surface area (Å²) in [5.74, 6) is 0.397. The van der Waals surface area contributed by atoms with E-state index in [-0.39, 0.29) is 11.5 Å². The third-order valence-electron chi connectivity index (χ3n) is 3.36. The van der Waals surface area contributed by atoms with Gasteiger partial charge < -0.3 is 9.84 Å². The minimum Gasteiger partial charge on any atom is -0.508 e. The van der Waals surface area contributed by atoms with Crippen LogP contribution in [0.15, 0.2) is 24.3 Å². The molecule has 2 rings (SSSR count). The molecule has 0 radical (unpaired) electrons. The van der Waals surface area contributed by atoms with Crippen LogP contribution in [-0.2, 0) is 10.2 Å². The predicted octanol–water partition coefficient (Wildman–Crippen LogP) is 2.46. The third kappa shape index (κ3) is 1.30. The number of hydrogen-bond acceptors (Lipinski definition) is 2. The average molecular weight is 192 g/mol. The number of benzene rings is 1. The van der Waals surface area contributed by atoms with Gasteiger partial charge in [0.15, 0.2) is 0 Å². The van der Waals surface area contributed by atoms with E-state index >= 15 is 0 Å². The normalized spacial score (nSPS) is 20.4. The van der Waals surface area contributed by atoms with Crippen molar-refractivity contribution in [3.8, 4) is 5.75 Å². The fraction of sp³-hybridized carbons (Fsp3) is 0.500. The molecule has 1 atom stereocenters. The van der Waals surface area contributed by atoms with Crippen LogP contribution in [-0.4, -0.2) is 18.3 Å². The maximum Gasteiger partial charge on any atom is 0.119 e. The number of hydrogen-bond donors (Lipinski definition) is 1. The van der Waals surface area contributed by atoms with E-state index in [1.807, 2.05) is 18.2 Å². The summed E-state index contributed by atoms with van der Waals surface area (Å²) < 4.78 is 5.38. The molecule has 0 spiro atoms. The summed E-state index contributed by atoms with van der Waals surface area (Å²) in [6, 6.07) is 7.57. The van der Waals surface area contributed by atoms with E-state index in [1.54, 1.807) is 13.2 Å². The molecule has 1 aliphatic carbocycles. The van der Waals surface area contributed by atoms with Crippen molar-refractivity contribution in [1.82, 2.24) is 0 Å². The molecule has 0 bridgehead atoms. The maximum atomic E-state index is 9.77.